The fourth-order valence-electron chi connectivity index (χ4n) is 1.59. The first-order valence-corrected chi connectivity index (χ1v) is 6.62. The van der Waals surface area contributed by atoms with E-state index in [4.69, 9.17) is 5.73 Å². The third-order valence-corrected chi connectivity index (χ3v) is 4.08. The Bertz CT molecular complexity index is 527. The second-order valence-electron chi connectivity index (χ2n) is 3.66. The Kier molecular flexibility index (Phi) is 3.91. The van der Waals surface area contributed by atoms with Crippen molar-refractivity contribution in [1.29, 1.82) is 0 Å². The molecule has 0 amide bonds. The molecule has 17 heavy (non-hydrogen) atoms. The molecule has 0 aliphatic rings. The molecule has 1 heterocycles. The van der Waals surface area contributed by atoms with Crippen molar-refractivity contribution in [3.8, 4) is 0 Å². The van der Waals surface area contributed by atoms with E-state index in [-0.39, 0.29) is 5.56 Å². The van der Waals surface area contributed by atoms with Crippen molar-refractivity contribution in [2.75, 3.05) is 0 Å². The van der Waals surface area contributed by atoms with Gasteiger partial charge in [-0.25, -0.2) is 8.78 Å². The molecule has 0 saturated heterocycles. The lowest BCUT2D eigenvalue weighted by Crippen LogP contribution is -2.15. The monoisotopic (exact) mass is 317 g/mol. The molecule has 2 N–H and O–H groups in total. The summed E-state index contributed by atoms with van der Waals surface area (Å²) >= 11 is 4.89. The van der Waals surface area contributed by atoms with Gasteiger partial charge in [0.05, 0.1) is 3.79 Å². The van der Waals surface area contributed by atoms with Gasteiger partial charge < -0.3 is 5.73 Å². The molecule has 0 aliphatic heterocycles. The van der Waals surface area contributed by atoms with Gasteiger partial charge in [-0.15, -0.1) is 11.3 Å². The molecule has 1 unspecified atom stereocenters. The highest BCUT2D eigenvalue weighted by molar-refractivity contribution is 9.11. The van der Waals surface area contributed by atoms with Gasteiger partial charge >= 0.3 is 0 Å². The molecule has 5 heteroatoms. The number of hydrogen-bond acceptors (Lipinski definition) is 2. The second-order valence-corrected chi connectivity index (χ2v) is 6.21. The van der Waals surface area contributed by atoms with Crippen LogP contribution in [-0.2, 0) is 6.42 Å². The second kappa shape index (κ2) is 5.25. The molecule has 1 nitrogen and oxygen atoms in total. The fraction of sp³-hybridized carbons (Fsp3) is 0.167. The van der Waals surface area contributed by atoms with E-state index in [9.17, 15) is 8.78 Å². The number of nitrogens with two attached hydrogens (primary N) is 1. The molecule has 2 aromatic rings. The quantitative estimate of drug-likeness (QED) is 0.908. The number of thiophene rings is 1. The molecule has 0 bridgehead atoms. The SMILES string of the molecule is NC(Cc1ccc(Br)s1)c1cccc(F)c1F. The Balaban J connectivity index is 2.20. The van der Waals surface area contributed by atoms with Crippen molar-refractivity contribution < 1.29 is 8.78 Å². The van der Waals surface area contributed by atoms with Crippen LogP contribution in [-0.4, -0.2) is 0 Å². The fourth-order valence-corrected chi connectivity index (χ4v) is 3.14. The van der Waals surface area contributed by atoms with Crippen LogP contribution in [0.2, 0.25) is 0 Å². The van der Waals surface area contributed by atoms with Crippen LogP contribution in [0.1, 0.15) is 16.5 Å². The molecule has 0 fully saturated rings. The van der Waals surface area contributed by atoms with Gasteiger partial charge in [0.2, 0.25) is 0 Å². The van der Waals surface area contributed by atoms with E-state index in [0.29, 0.717) is 6.42 Å². The Morgan fingerprint density at radius 1 is 1.24 bits per heavy atom. The molecule has 1 atom stereocenters. The van der Waals surface area contributed by atoms with E-state index < -0.39 is 17.7 Å². The van der Waals surface area contributed by atoms with Crippen molar-refractivity contribution >= 4 is 27.3 Å². The topological polar surface area (TPSA) is 26.0 Å². The highest BCUT2D eigenvalue weighted by Crippen LogP contribution is 2.27. The van der Waals surface area contributed by atoms with Crippen molar-refractivity contribution in [2.45, 2.75) is 12.5 Å². The summed E-state index contributed by atoms with van der Waals surface area (Å²) in [5.74, 6) is -1.71. The van der Waals surface area contributed by atoms with Crippen LogP contribution in [0.15, 0.2) is 34.1 Å². The lowest BCUT2D eigenvalue weighted by molar-refractivity contribution is 0.488. The normalized spacial score (nSPS) is 12.7. The van der Waals surface area contributed by atoms with E-state index >= 15 is 0 Å². The van der Waals surface area contributed by atoms with Crippen molar-refractivity contribution in [3.63, 3.8) is 0 Å². The van der Waals surface area contributed by atoms with Crippen molar-refractivity contribution in [1.82, 2.24) is 0 Å². The van der Waals surface area contributed by atoms with E-state index in [1.54, 1.807) is 11.3 Å². The van der Waals surface area contributed by atoms with E-state index in [2.05, 4.69) is 15.9 Å². The Morgan fingerprint density at radius 2 is 2.00 bits per heavy atom. The van der Waals surface area contributed by atoms with E-state index in [1.807, 2.05) is 12.1 Å². The van der Waals surface area contributed by atoms with Crippen LogP contribution in [0.5, 0.6) is 0 Å². The zero-order chi connectivity index (χ0) is 12.4. The minimum Gasteiger partial charge on any atom is -0.324 e. The molecule has 0 spiro atoms. The van der Waals surface area contributed by atoms with Gasteiger partial charge in [-0.05, 0) is 34.1 Å². The Labute approximate surface area is 110 Å². The van der Waals surface area contributed by atoms with Gasteiger partial charge in [0.1, 0.15) is 0 Å². The summed E-state index contributed by atoms with van der Waals surface area (Å²) in [5, 5.41) is 0. The molecule has 1 aromatic heterocycles. The van der Waals surface area contributed by atoms with Crippen molar-refractivity contribution in [2.24, 2.45) is 5.73 Å². The first-order chi connectivity index (χ1) is 8.08. The average Bonchev–Trinajstić information content (AvgIpc) is 2.68. The summed E-state index contributed by atoms with van der Waals surface area (Å²) in [5.41, 5.74) is 6.11. The predicted octanol–water partition coefficient (Wildman–Crippen LogP) is 4.03. The van der Waals surface area contributed by atoms with Crippen LogP contribution in [0, 0.1) is 11.6 Å². The maximum absolute atomic E-state index is 13.5. The minimum atomic E-state index is -0.856. The first-order valence-electron chi connectivity index (χ1n) is 5.01. The molecule has 90 valence electrons. The number of hydrogen-bond donors (Lipinski definition) is 1. The minimum absolute atomic E-state index is 0.217. The summed E-state index contributed by atoms with van der Waals surface area (Å²) in [6.07, 6.45) is 0.497. The van der Waals surface area contributed by atoms with Crippen LogP contribution in [0.4, 0.5) is 8.78 Å². The Morgan fingerprint density at radius 3 is 2.65 bits per heavy atom. The maximum Gasteiger partial charge on any atom is 0.163 e. The summed E-state index contributed by atoms with van der Waals surface area (Å²) < 4.78 is 27.5. The number of rotatable bonds is 3. The molecule has 1 aromatic carbocycles. The van der Waals surface area contributed by atoms with Gasteiger partial charge in [-0.3, -0.25) is 0 Å². The van der Waals surface area contributed by atoms with Crippen LogP contribution < -0.4 is 5.73 Å². The smallest absolute Gasteiger partial charge is 0.163 e. The van der Waals surface area contributed by atoms with Gasteiger partial charge in [0.25, 0.3) is 0 Å². The summed E-state index contributed by atoms with van der Waals surface area (Å²) in [6, 6.07) is 7.38. The lowest BCUT2D eigenvalue weighted by atomic mass is 10.0. The van der Waals surface area contributed by atoms with Crippen LogP contribution >= 0.6 is 27.3 Å². The third kappa shape index (κ3) is 2.91. The van der Waals surface area contributed by atoms with Gasteiger partial charge in [-0.2, -0.15) is 0 Å². The van der Waals surface area contributed by atoms with E-state index in [1.165, 1.54) is 12.1 Å². The molecule has 2 rings (SSSR count). The van der Waals surface area contributed by atoms with Crippen LogP contribution in [0.25, 0.3) is 0 Å². The van der Waals surface area contributed by atoms with Gasteiger partial charge in [-0.1, -0.05) is 12.1 Å². The third-order valence-electron chi connectivity index (χ3n) is 2.43. The molecular weight excluding hydrogens is 308 g/mol. The molecule has 0 aliphatic carbocycles. The Hall–Kier alpha value is -0.780. The molecular formula is C12H10BrF2NS. The standard InChI is InChI=1S/C12H10BrF2NS/c13-11-5-4-7(17-11)6-10(16)8-2-1-3-9(14)12(8)15/h1-5,10H,6,16H2. The number of benzene rings is 1. The zero-order valence-electron chi connectivity index (χ0n) is 8.79. The lowest BCUT2D eigenvalue weighted by Gasteiger charge is -2.12. The first kappa shape index (κ1) is 12.7. The maximum atomic E-state index is 13.5. The van der Waals surface area contributed by atoms with Crippen LogP contribution in [0.3, 0.4) is 0 Å². The molecule has 0 saturated carbocycles. The zero-order valence-corrected chi connectivity index (χ0v) is 11.2. The summed E-state index contributed by atoms with van der Waals surface area (Å²) in [7, 11) is 0. The van der Waals surface area contributed by atoms with Gasteiger partial charge in [0, 0.05) is 22.9 Å². The molecule has 0 radical (unpaired) electrons. The van der Waals surface area contributed by atoms with E-state index in [0.717, 1.165) is 14.7 Å². The summed E-state index contributed by atoms with van der Waals surface area (Å²) in [4.78, 5) is 1.04. The average molecular weight is 318 g/mol. The largest absolute Gasteiger partial charge is 0.324 e. The number of halogens is 3. The van der Waals surface area contributed by atoms with Gasteiger partial charge in [0.15, 0.2) is 11.6 Å². The van der Waals surface area contributed by atoms with Crippen molar-refractivity contribution in [3.05, 3.63) is 56.2 Å². The highest BCUT2D eigenvalue weighted by Gasteiger charge is 2.15. The highest BCUT2D eigenvalue weighted by atomic mass is 79.9. The predicted molar refractivity (Wildman–Crippen MR) is 69.0 cm³/mol. The summed E-state index contributed by atoms with van der Waals surface area (Å²) in [6.45, 7) is 0.